The summed E-state index contributed by atoms with van der Waals surface area (Å²) in [5.74, 6) is 0. The molecule has 0 rings (SSSR count). The molecular formula is C14H21N3. The molecule has 0 saturated carbocycles. The lowest BCUT2D eigenvalue weighted by molar-refractivity contribution is 0.360. The van der Waals surface area contributed by atoms with Crippen LogP contribution in [0.1, 0.15) is 39.5 Å². The van der Waals surface area contributed by atoms with Crippen LogP contribution in [-0.4, -0.2) is 18.0 Å². The number of allylic oxidation sites excluding steroid dienone is 3. The maximum Gasteiger partial charge on any atom is 0.129 e. The minimum absolute atomic E-state index is 0.146. The summed E-state index contributed by atoms with van der Waals surface area (Å²) in [6, 6.07) is 3.68. The van der Waals surface area contributed by atoms with E-state index in [1.54, 1.807) is 12.2 Å². The second-order valence-electron chi connectivity index (χ2n) is 3.89. The highest BCUT2D eigenvalue weighted by molar-refractivity contribution is 5.37. The molecule has 0 aromatic rings. The average molecular weight is 231 g/mol. The third-order valence-corrected chi connectivity index (χ3v) is 2.40. The van der Waals surface area contributed by atoms with Gasteiger partial charge in [-0.15, -0.1) is 0 Å². The highest BCUT2D eigenvalue weighted by atomic mass is 15.1. The summed E-state index contributed by atoms with van der Waals surface area (Å²) in [6.07, 6.45) is 10.0. The Morgan fingerprint density at radius 1 is 1.06 bits per heavy atom. The van der Waals surface area contributed by atoms with Crippen LogP contribution in [0, 0.1) is 22.7 Å². The summed E-state index contributed by atoms with van der Waals surface area (Å²) in [5.41, 5.74) is 0.146. The molecule has 0 radical (unpaired) electrons. The van der Waals surface area contributed by atoms with E-state index in [1.165, 1.54) is 25.7 Å². The molecule has 0 amide bonds. The zero-order valence-corrected chi connectivity index (χ0v) is 10.8. The highest BCUT2D eigenvalue weighted by Gasteiger charge is 1.97. The number of unbranched alkanes of at least 4 members (excludes halogenated alkanes) is 2. The first-order valence-electron chi connectivity index (χ1n) is 6.21. The fraction of sp³-hybridized carbons (Fsp3) is 0.571. The first kappa shape index (κ1) is 15.3. The Hall–Kier alpha value is -1.74. The number of hydrogen-bond acceptors (Lipinski definition) is 3. The lowest BCUT2D eigenvalue weighted by atomic mass is 10.2. The number of rotatable bonds is 8. The van der Waals surface area contributed by atoms with Crippen LogP contribution in [0.15, 0.2) is 23.9 Å². The molecule has 3 nitrogen and oxygen atoms in total. The van der Waals surface area contributed by atoms with E-state index in [1.807, 2.05) is 18.3 Å². The van der Waals surface area contributed by atoms with Gasteiger partial charge in [0.25, 0.3) is 0 Å². The monoisotopic (exact) mass is 231 g/mol. The van der Waals surface area contributed by atoms with Crippen LogP contribution in [0.4, 0.5) is 0 Å². The van der Waals surface area contributed by atoms with Gasteiger partial charge in [-0.1, -0.05) is 26.7 Å². The van der Waals surface area contributed by atoms with Crippen LogP contribution in [0.25, 0.3) is 0 Å². The van der Waals surface area contributed by atoms with Gasteiger partial charge in [0.15, 0.2) is 0 Å². The minimum Gasteiger partial charge on any atom is -0.377 e. The molecule has 0 atom stereocenters. The Labute approximate surface area is 105 Å². The van der Waals surface area contributed by atoms with Crippen LogP contribution < -0.4 is 0 Å². The molecule has 0 aromatic carbocycles. The van der Waals surface area contributed by atoms with E-state index < -0.39 is 0 Å². The second-order valence-corrected chi connectivity index (χ2v) is 3.89. The van der Waals surface area contributed by atoms with Crippen molar-refractivity contribution in [2.75, 3.05) is 13.1 Å². The van der Waals surface area contributed by atoms with E-state index in [2.05, 4.69) is 18.7 Å². The van der Waals surface area contributed by atoms with Gasteiger partial charge in [0.05, 0.1) is 0 Å². The van der Waals surface area contributed by atoms with Gasteiger partial charge in [-0.3, -0.25) is 0 Å². The molecule has 17 heavy (non-hydrogen) atoms. The fourth-order valence-corrected chi connectivity index (χ4v) is 1.34. The predicted molar refractivity (Wildman–Crippen MR) is 69.8 cm³/mol. The Kier molecular flexibility index (Phi) is 9.67. The predicted octanol–water partition coefficient (Wildman–Crippen LogP) is 3.38. The summed E-state index contributed by atoms with van der Waals surface area (Å²) >= 11 is 0. The summed E-state index contributed by atoms with van der Waals surface area (Å²) in [6.45, 7) is 6.42. The van der Waals surface area contributed by atoms with Gasteiger partial charge in [-0.2, -0.15) is 10.5 Å². The third kappa shape index (κ3) is 8.11. The Bertz CT molecular complexity index is 304. The van der Waals surface area contributed by atoms with Crippen LogP contribution in [0.3, 0.4) is 0 Å². The molecule has 0 fully saturated rings. The largest absolute Gasteiger partial charge is 0.377 e. The van der Waals surface area contributed by atoms with Gasteiger partial charge >= 0.3 is 0 Å². The Morgan fingerprint density at radius 2 is 1.59 bits per heavy atom. The van der Waals surface area contributed by atoms with Gasteiger partial charge < -0.3 is 4.90 Å². The van der Waals surface area contributed by atoms with Gasteiger partial charge in [-0.25, -0.2) is 0 Å². The maximum absolute atomic E-state index is 8.59. The lowest BCUT2D eigenvalue weighted by Crippen LogP contribution is -2.19. The van der Waals surface area contributed by atoms with E-state index in [0.29, 0.717) is 0 Å². The quantitative estimate of drug-likeness (QED) is 0.475. The van der Waals surface area contributed by atoms with Crippen molar-refractivity contribution in [1.82, 2.24) is 4.90 Å². The second kappa shape index (κ2) is 10.8. The van der Waals surface area contributed by atoms with Gasteiger partial charge in [-0.05, 0) is 31.2 Å². The minimum atomic E-state index is 0.146. The SMILES string of the molecule is CCCCN(C=CC=C(C#N)C#N)CCCC. The van der Waals surface area contributed by atoms with Crippen molar-refractivity contribution >= 4 is 0 Å². The lowest BCUT2D eigenvalue weighted by Gasteiger charge is -2.19. The fourth-order valence-electron chi connectivity index (χ4n) is 1.34. The topological polar surface area (TPSA) is 50.8 Å². The molecule has 0 saturated heterocycles. The van der Waals surface area contributed by atoms with Crippen LogP contribution in [0.5, 0.6) is 0 Å². The molecule has 3 heteroatoms. The molecule has 92 valence electrons. The first-order chi connectivity index (χ1) is 8.28. The van der Waals surface area contributed by atoms with E-state index in [4.69, 9.17) is 10.5 Å². The Balaban J connectivity index is 4.31. The normalized spacial score (nSPS) is 9.65. The van der Waals surface area contributed by atoms with Crippen LogP contribution in [-0.2, 0) is 0 Å². The van der Waals surface area contributed by atoms with Crippen molar-refractivity contribution in [3.63, 3.8) is 0 Å². The van der Waals surface area contributed by atoms with Crippen LogP contribution >= 0.6 is 0 Å². The highest BCUT2D eigenvalue weighted by Crippen LogP contribution is 2.01. The van der Waals surface area contributed by atoms with E-state index in [-0.39, 0.29) is 5.57 Å². The summed E-state index contributed by atoms with van der Waals surface area (Å²) in [4.78, 5) is 2.25. The average Bonchev–Trinajstić information content (AvgIpc) is 2.37. The molecule has 0 aliphatic rings. The van der Waals surface area contributed by atoms with Crippen molar-refractivity contribution < 1.29 is 0 Å². The molecule has 0 N–H and O–H groups in total. The number of hydrogen-bond donors (Lipinski definition) is 0. The van der Waals surface area contributed by atoms with Crippen molar-refractivity contribution in [2.24, 2.45) is 0 Å². The van der Waals surface area contributed by atoms with Gasteiger partial charge in [0, 0.05) is 13.1 Å². The van der Waals surface area contributed by atoms with Crippen molar-refractivity contribution in [3.05, 3.63) is 23.9 Å². The molecule has 0 spiro atoms. The molecule has 0 aliphatic heterocycles. The first-order valence-corrected chi connectivity index (χ1v) is 6.21. The molecular weight excluding hydrogens is 210 g/mol. The van der Waals surface area contributed by atoms with Crippen LogP contribution in [0.2, 0.25) is 0 Å². The van der Waals surface area contributed by atoms with Gasteiger partial charge in [0.2, 0.25) is 0 Å². The van der Waals surface area contributed by atoms with Crippen molar-refractivity contribution in [3.8, 4) is 12.1 Å². The summed E-state index contributed by atoms with van der Waals surface area (Å²) in [5, 5.41) is 17.2. The zero-order chi connectivity index (χ0) is 12.9. The maximum atomic E-state index is 8.59. The molecule has 0 bridgehead atoms. The molecule has 0 heterocycles. The standard InChI is InChI=1S/C14H21N3/c1-3-5-9-17(10-6-4-2)11-7-8-14(12-15)13-16/h7-8,11H,3-6,9-10H2,1-2H3. The van der Waals surface area contributed by atoms with E-state index >= 15 is 0 Å². The smallest absolute Gasteiger partial charge is 0.129 e. The van der Waals surface area contributed by atoms with Gasteiger partial charge in [0.1, 0.15) is 17.7 Å². The molecule has 0 unspecified atom stereocenters. The van der Waals surface area contributed by atoms with E-state index in [0.717, 1.165) is 13.1 Å². The summed E-state index contributed by atoms with van der Waals surface area (Å²) in [7, 11) is 0. The number of nitrogens with zero attached hydrogens (tertiary/aromatic N) is 3. The third-order valence-electron chi connectivity index (χ3n) is 2.40. The van der Waals surface area contributed by atoms with E-state index in [9.17, 15) is 0 Å². The number of nitriles is 2. The molecule has 0 aromatic heterocycles. The van der Waals surface area contributed by atoms with Crippen molar-refractivity contribution in [1.29, 1.82) is 10.5 Å². The zero-order valence-electron chi connectivity index (χ0n) is 10.8. The van der Waals surface area contributed by atoms with Crippen molar-refractivity contribution in [2.45, 2.75) is 39.5 Å². The summed E-state index contributed by atoms with van der Waals surface area (Å²) < 4.78 is 0. The molecule has 0 aliphatic carbocycles. The Morgan fingerprint density at radius 3 is 2.00 bits per heavy atom.